The van der Waals surface area contributed by atoms with Gasteiger partial charge < -0.3 is 15.4 Å². The van der Waals surface area contributed by atoms with E-state index in [4.69, 9.17) is 9.73 Å². The number of hydrogen-bond acceptors (Lipinski definition) is 4. The largest absolute Gasteiger partial charge is 0.487 e. The number of hydrogen-bond donors (Lipinski definition) is 2. The maximum absolute atomic E-state index is 11.7. The van der Waals surface area contributed by atoms with Gasteiger partial charge in [0.2, 0.25) is 10.0 Å². The van der Waals surface area contributed by atoms with E-state index in [9.17, 15) is 8.42 Å². The van der Waals surface area contributed by atoms with Crippen molar-refractivity contribution in [1.29, 1.82) is 0 Å². The maximum Gasteiger partial charge on any atom is 0.211 e. The van der Waals surface area contributed by atoms with E-state index < -0.39 is 10.0 Å². The number of aliphatic imine (C=N–C) groups is 1. The number of para-hydroxylation sites is 1. The van der Waals surface area contributed by atoms with Crippen molar-refractivity contribution in [2.75, 3.05) is 32.4 Å². The summed E-state index contributed by atoms with van der Waals surface area (Å²) < 4.78 is 31.4. The Hall–Kier alpha value is -1.80. The van der Waals surface area contributed by atoms with Gasteiger partial charge in [-0.3, -0.25) is 4.99 Å². The normalized spacial score (nSPS) is 20.8. The van der Waals surface area contributed by atoms with E-state index in [0.29, 0.717) is 26.1 Å². The Bertz CT molecular complexity index is 835. The standard InChI is InChI=1S/C22H36N4O3S/c1-4-23-21(24-15-10-16-26(5-2)30(3,27)28)25-19-17-22(13-8-9-14-22)29-20-12-7-6-11-18(19)20/h6-7,11-12,19H,4-5,8-10,13-17H2,1-3H3,(H2,23,24,25). The van der Waals surface area contributed by atoms with E-state index >= 15 is 0 Å². The van der Waals surface area contributed by atoms with E-state index in [1.165, 1.54) is 29.0 Å². The van der Waals surface area contributed by atoms with Gasteiger partial charge in [-0.15, -0.1) is 0 Å². The van der Waals surface area contributed by atoms with Crippen LogP contribution in [-0.2, 0) is 10.0 Å². The number of sulfonamides is 1. The molecule has 1 unspecified atom stereocenters. The highest BCUT2D eigenvalue weighted by Crippen LogP contribution is 2.46. The topological polar surface area (TPSA) is 83.0 Å². The molecule has 0 aromatic heterocycles. The van der Waals surface area contributed by atoms with Gasteiger partial charge >= 0.3 is 0 Å². The number of nitrogens with zero attached hydrogens (tertiary/aromatic N) is 2. The number of rotatable bonds is 8. The van der Waals surface area contributed by atoms with Gasteiger partial charge in [-0.05, 0) is 45.1 Å². The molecule has 0 bridgehead atoms. The minimum Gasteiger partial charge on any atom is -0.487 e. The Kier molecular flexibility index (Phi) is 7.63. The summed E-state index contributed by atoms with van der Waals surface area (Å²) in [6.45, 7) is 6.22. The first-order valence-electron chi connectivity index (χ1n) is 11.1. The highest BCUT2D eigenvalue weighted by Gasteiger charge is 2.43. The third-order valence-corrected chi connectivity index (χ3v) is 7.40. The molecule has 2 N–H and O–H groups in total. The van der Waals surface area contributed by atoms with Gasteiger partial charge in [0, 0.05) is 38.2 Å². The highest BCUT2D eigenvalue weighted by atomic mass is 32.2. The fourth-order valence-electron chi connectivity index (χ4n) is 4.55. The molecular formula is C22H36N4O3S. The van der Waals surface area contributed by atoms with Crippen molar-refractivity contribution in [3.63, 3.8) is 0 Å². The molecule has 0 amide bonds. The zero-order valence-corrected chi connectivity index (χ0v) is 19.3. The number of fused-ring (bicyclic) bond motifs is 1. The summed E-state index contributed by atoms with van der Waals surface area (Å²) in [6, 6.07) is 8.43. The molecule has 30 heavy (non-hydrogen) atoms. The molecule has 1 aromatic rings. The van der Waals surface area contributed by atoms with Gasteiger partial charge in [-0.25, -0.2) is 12.7 Å². The number of nitrogens with one attached hydrogen (secondary N) is 2. The molecule has 1 atom stereocenters. The quantitative estimate of drug-likeness (QED) is 0.372. The lowest BCUT2D eigenvalue weighted by atomic mass is 9.86. The Morgan fingerprint density at radius 1 is 1.27 bits per heavy atom. The average molecular weight is 437 g/mol. The summed E-state index contributed by atoms with van der Waals surface area (Å²) >= 11 is 0. The predicted octanol–water partition coefficient (Wildman–Crippen LogP) is 3.05. The van der Waals surface area contributed by atoms with Crippen molar-refractivity contribution < 1.29 is 13.2 Å². The second kappa shape index (κ2) is 10.0. The van der Waals surface area contributed by atoms with Crippen LogP contribution in [0, 0.1) is 0 Å². The average Bonchev–Trinajstić information content (AvgIpc) is 3.14. The molecule has 1 aliphatic carbocycles. The van der Waals surface area contributed by atoms with Crippen molar-refractivity contribution >= 4 is 16.0 Å². The molecule has 7 nitrogen and oxygen atoms in total. The van der Waals surface area contributed by atoms with Crippen LogP contribution in [0.1, 0.15) is 64.0 Å². The Morgan fingerprint density at radius 3 is 2.67 bits per heavy atom. The molecule has 8 heteroatoms. The second-order valence-electron chi connectivity index (χ2n) is 8.30. The summed E-state index contributed by atoms with van der Waals surface area (Å²) in [6.07, 6.45) is 7.52. The molecule has 1 aliphatic heterocycles. The third-order valence-electron chi connectivity index (χ3n) is 6.02. The fourth-order valence-corrected chi connectivity index (χ4v) is 5.48. The summed E-state index contributed by atoms with van der Waals surface area (Å²) in [7, 11) is -3.16. The van der Waals surface area contributed by atoms with Gasteiger partial charge in [-0.2, -0.15) is 0 Å². The lowest BCUT2D eigenvalue weighted by molar-refractivity contribution is 0.0396. The lowest BCUT2D eigenvalue weighted by Gasteiger charge is -2.40. The first-order valence-corrected chi connectivity index (χ1v) is 13.0. The SMILES string of the molecule is CCNC(=NCCCN(CC)S(C)(=O)=O)NC1CC2(CCCC2)Oc2ccccc21. The second-order valence-corrected chi connectivity index (χ2v) is 10.3. The van der Waals surface area contributed by atoms with Crippen LogP contribution in [0.25, 0.3) is 0 Å². The molecule has 1 spiro atoms. The van der Waals surface area contributed by atoms with Gasteiger partial charge in [0.25, 0.3) is 0 Å². The van der Waals surface area contributed by atoms with Crippen LogP contribution in [0.15, 0.2) is 29.3 Å². The minimum absolute atomic E-state index is 0.0690. The molecule has 2 aliphatic rings. The van der Waals surface area contributed by atoms with Crippen LogP contribution >= 0.6 is 0 Å². The monoisotopic (exact) mass is 436 g/mol. The Morgan fingerprint density at radius 2 is 2.00 bits per heavy atom. The van der Waals surface area contributed by atoms with Crippen molar-refractivity contribution in [2.24, 2.45) is 4.99 Å². The van der Waals surface area contributed by atoms with Crippen molar-refractivity contribution in [1.82, 2.24) is 14.9 Å². The summed E-state index contributed by atoms with van der Waals surface area (Å²) in [5.74, 6) is 1.75. The van der Waals surface area contributed by atoms with Crippen molar-refractivity contribution in [3.8, 4) is 5.75 Å². The fraction of sp³-hybridized carbons (Fsp3) is 0.682. The zero-order valence-electron chi connectivity index (χ0n) is 18.5. The molecule has 0 saturated heterocycles. The zero-order chi connectivity index (χ0) is 21.6. The smallest absolute Gasteiger partial charge is 0.211 e. The van der Waals surface area contributed by atoms with Gasteiger partial charge in [0.15, 0.2) is 5.96 Å². The van der Waals surface area contributed by atoms with Crippen LogP contribution in [0.3, 0.4) is 0 Å². The first-order chi connectivity index (χ1) is 14.4. The van der Waals surface area contributed by atoms with Crippen LogP contribution < -0.4 is 15.4 Å². The minimum atomic E-state index is -3.16. The van der Waals surface area contributed by atoms with E-state index in [1.54, 1.807) is 0 Å². The molecular weight excluding hydrogens is 400 g/mol. The number of guanidine groups is 1. The summed E-state index contributed by atoms with van der Waals surface area (Å²) in [4.78, 5) is 4.72. The van der Waals surface area contributed by atoms with Crippen molar-refractivity contribution in [3.05, 3.63) is 29.8 Å². The summed E-state index contributed by atoms with van der Waals surface area (Å²) in [5.41, 5.74) is 1.11. The van der Waals surface area contributed by atoms with Gasteiger partial charge in [0.05, 0.1) is 12.3 Å². The Labute approximate surface area is 181 Å². The maximum atomic E-state index is 11.7. The van der Waals surface area contributed by atoms with E-state index in [1.807, 2.05) is 13.0 Å². The van der Waals surface area contributed by atoms with Gasteiger partial charge in [0.1, 0.15) is 11.4 Å². The first kappa shape index (κ1) is 22.9. The molecule has 168 valence electrons. The number of benzene rings is 1. The van der Waals surface area contributed by atoms with Gasteiger partial charge in [-0.1, -0.05) is 25.1 Å². The van der Waals surface area contributed by atoms with Crippen LogP contribution in [-0.4, -0.2) is 56.7 Å². The van der Waals surface area contributed by atoms with E-state index in [-0.39, 0.29) is 11.6 Å². The van der Waals surface area contributed by atoms with Crippen LogP contribution in [0.2, 0.25) is 0 Å². The molecule has 0 radical (unpaired) electrons. The highest BCUT2D eigenvalue weighted by molar-refractivity contribution is 7.88. The summed E-state index contributed by atoms with van der Waals surface area (Å²) in [5, 5.41) is 6.96. The van der Waals surface area contributed by atoms with E-state index in [2.05, 4.69) is 35.8 Å². The molecule has 1 saturated carbocycles. The van der Waals surface area contributed by atoms with E-state index in [0.717, 1.165) is 37.5 Å². The van der Waals surface area contributed by atoms with Crippen molar-refractivity contribution in [2.45, 2.75) is 64.0 Å². The third kappa shape index (κ3) is 5.66. The lowest BCUT2D eigenvalue weighted by Crippen LogP contribution is -2.46. The molecule has 1 heterocycles. The van der Waals surface area contributed by atoms with Crippen LogP contribution in [0.4, 0.5) is 0 Å². The Balaban J connectivity index is 1.68. The molecule has 3 rings (SSSR count). The number of ether oxygens (including phenoxy) is 1. The molecule has 1 fully saturated rings. The predicted molar refractivity (Wildman–Crippen MR) is 121 cm³/mol. The molecule has 1 aromatic carbocycles. The van der Waals surface area contributed by atoms with Crippen LogP contribution in [0.5, 0.6) is 5.75 Å².